The number of nitrogens with zero attached hydrogens (tertiary/aromatic N) is 8. The molecule has 0 saturated carbocycles. The first-order valence-electron chi connectivity index (χ1n) is 14.9. The molecule has 10 nitrogen and oxygen atoms in total. The minimum absolute atomic E-state index is 0.183. The number of piperazine rings is 1. The van der Waals surface area contributed by atoms with Gasteiger partial charge in [-0.1, -0.05) is 18.3 Å². The van der Waals surface area contributed by atoms with E-state index in [1.54, 1.807) is 12.1 Å². The van der Waals surface area contributed by atoms with Gasteiger partial charge in [-0.05, 0) is 61.9 Å². The molecule has 1 aromatic carbocycles. The number of imidazole rings is 1. The Labute approximate surface area is 265 Å². The Kier molecular flexibility index (Phi) is 8.73. The Morgan fingerprint density at radius 3 is 2.42 bits per heavy atom. The number of halogens is 1. The van der Waals surface area contributed by atoms with Gasteiger partial charge in [0.2, 0.25) is 0 Å². The molecule has 5 heterocycles. The van der Waals surface area contributed by atoms with E-state index in [9.17, 15) is 14.4 Å². The van der Waals surface area contributed by atoms with Crippen LogP contribution in [0.3, 0.4) is 0 Å². The summed E-state index contributed by atoms with van der Waals surface area (Å²) in [4.78, 5) is 33.0. The molecule has 230 valence electrons. The first-order chi connectivity index (χ1) is 21.9. The molecule has 4 aromatic heterocycles. The molecule has 0 aliphatic carbocycles. The van der Waals surface area contributed by atoms with E-state index in [1.807, 2.05) is 43.3 Å². The van der Waals surface area contributed by atoms with Crippen molar-refractivity contribution < 1.29 is 13.9 Å². The van der Waals surface area contributed by atoms with Gasteiger partial charge < -0.3 is 14.5 Å². The minimum atomic E-state index is -0.338. The maximum atomic E-state index is 13.5. The summed E-state index contributed by atoms with van der Waals surface area (Å²) in [5.74, 6) is 1.25. The predicted octanol–water partition coefficient (Wildman–Crippen LogP) is 5.55. The zero-order valence-corrected chi connectivity index (χ0v) is 26.2. The summed E-state index contributed by atoms with van der Waals surface area (Å²) in [7, 11) is 1.92. The number of aryl methyl sites for hydroxylation is 1. The zero-order chi connectivity index (χ0) is 31.5. The number of ether oxygens (including phenoxy) is 1. The van der Waals surface area contributed by atoms with E-state index in [0.29, 0.717) is 40.8 Å². The van der Waals surface area contributed by atoms with Crippen LogP contribution in [0.5, 0.6) is 0 Å². The Hall–Kier alpha value is -4.86. The van der Waals surface area contributed by atoms with Crippen molar-refractivity contribution in [2.24, 2.45) is 0 Å². The van der Waals surface area contributed by atoms with E-state index in [-0.39, 0.29) is 11.8 Å². The van der Waals surface area contributed by atoms with Crippen LogP contribution < -0.4 is 9.80 Å². The molecule has 0 atom stereocenters. The van der Waals surface area contributed by atoms with Gasteiger partial charge in [0.25, 0.3) is 0 Å². The summed E-state index contributed by atoms with van der Waals surface area (Å²) >= 11 is 1.29. The molecule has 45 heavy (non-hydrogen) atoms. The van der Waals surface area contributed by atoms with Gasteiger partial charge in [-0.15, -0.1) is 0 Å². The Morgan fingerprint density at radius 1 is 1.02 bits per heavy atom. The second-order valence-electron chi connectivity index (χ2n) is 10.7. The van der Waals surface area contributed by atoms with Crippen LogP contribution in [-0.4, -0.2) is 76.6 Å². The number of benzene rings is 1. The fraction of sp³-hybridized carbons (Fsp3) is 0.303. The molecule has 1 aliphatic rings. The van der Waals surface area contributed by atoms with Crippen molar-refractivity contribution >= 4 is 39.7 Å². The van der Waals surface area contributed by atoms with E-state index in [4.69, 9.17) is 19.7 Å². The lowest BCUT2D eigenvalue weighted by molar-refractivity contribution is -0.144. The number of nitriles is 1. The summed E-state index contributed by atoms with van der Waals surface area (Å²) < 4.78 is 20.7. The third kappa shape index (κ3) is 6.22. The summed E-state index contributed by atoms with van der Waals surface area (Å²) in [6.45, 7) is 7.72. The van der Waals surface area contributed by atoms with Crippen molar-refractivity contribution in [3.05, 3.63) is 77.3 Å². The van der Waals surface area contributed by atoms with Gasteiger partial charge in [-0.25, -0.2) is 19.3 Å². The minimum Gasteiger partial charge on any atom is -0.465 e. The molecule has 0 unspecified atom stereocenters. The highest BCUT2D eigenvalue weighted by atomic mass is 32.1. The van der Waals surface area contributed by atoms with Crippen molar-refractivity contribution in [3.8, 4) is 28.5 Å². The third-order valence-corrected chi connectivity index (χ3v) is 8.91. The van der Waals surface area contributed by atoms with Crippen LogP contribution in [0.4, 0.5) is 21.2 Å². The van der Waals surface area contributed by atoms with Gasteiger partial charge >= 0.3 is 5.97 Å². The van der Waals surface area contributed by atoms with Gasteiger partial charge in [0.1, 0.15) is 39.7 Å². The first-order valence-corrected chi connectivity index (χ1v) is 15.7. The summed E-state index contributed by atoms with van der Waals surface area (Å²) in [6.07, 6.45) is 4.65. The lowest BCUT2D eigenvalue weighted by atomic mass is 10.1. The first kappa shape index (κ1) is 30.2. The molecule has 0 N–H and O–H groups in total. The van der Waals surface area contributed by atoms with Gasteiger partial charge in [0.15, 0.2) is 5.13 Å². The second kappa shape index (κ2) is 13.0. The maximum absolute atomic E-state index is 13.5. The molecule has 0 bridgehead atoms. The highest BCUT2D eigenvalue weighted by molar-refractivity contribution is 7.16. The molecule has 6 rings (SSSR count). The third-order valence-electron chi connectivity index (χ3n) is 7.87. The summed E-state index contributed by atoms with van der Waals surface area (Å²) in [5.41, 5.74) is 4.89. The highest BCUT2D eigenvalue weighted by Crippen LogP contribution is 2.37. The lowest BCUT2D eigenvalue weighted by Gasteiger charge is -2.34. The molecule has 0 amide bonds. The number of carbonyl (C=O) groups is 1. The number of aromatic nitrogens is 4. The summed E-state index contributed by atoms with van der Waals surface area (Å²) in [6, 6.07) is 16.4. The molecule has 1 saturated heterocycles. The number of rotatable bonds is 9. The van der Waals surface area contributed by atoms with Crippen LogP contribution in [0.2, 0.25) is 0 Å². The van der Waals surface area contributed by atoms with Gasteiger partial charge in [0, 0.05) is 62.3 Å². The number of thiazole rings is 1. The largest absolute Gasteiger partial charge is 0.465 e. The highest BCUT2D eigenvalue weighted by Gasteiger charge is 2.23. The van der Waals surface area contributed by atoms with Gasteiger partial charge in [-0.3, -0.25) is 14.1 Å². The normalized spacial score (nSPS) is 13.6. The van der Waals surface area contributed by atoms with Crippen LogP contribution in [0.25, 0.3) is 28.0 Å². The number of anilines is 3. The molecular formula is C33H33FN8O2S. The summed E-state index contributed by atoms with van der Waals surface area (Å²) in [5, 5.41) is 10.5. The fourth-order valence-electron chi connectivity index (χ4n) is 5.53. The van der Waals surface area contributed by atoms with Crippen molar-refractivity contribution in [3.63, 3.8) is 0 Å². The number of esters is 1. The molecule has 5 aromatic rings. The molecule has 1 fully saturated rings. The number of carbonyl (C=O) groups excluding carboxylic acids is 1. The van der Waals surface area contributed by atoms with Gasteiger partial charge in [0.05, 0.1) is 18.8 Å². The van der Waals surface area contributed by atoms with Crippen LogP contribution in [0.1, 0.15) is 24.4 Å². The lowest BCUT2D eigenvalue weighted by Crippen LogP contribution is -2.48. The second-order valence-corrected chi connectivity index (χ2v) is 11.7. The smallest absolute Gasteiger partial charge is 0.320 e. The average Bonchev–Trinajstić information content (AvgIpc) is 3.67. The topological polar surface area (TPSA) is 103 Å². The Balaban J connectivity index is 1.24. The SMILES string of the molecule is CCOC(=O)CN1CCN(c2ccc(-c3ccc4nc(CC)c(N(C)c5nc(-c6ccc(F)cc6)c(C#N)s5)n4c3)cn2)CC1. The average molecular weight is 625 g/mol. The quantitative estimate of drug-likeness (QED) is 0.196. The zero-order valence-electron chi connectivity index (χ0n) is 25.4. The van der Waals surface area contributed by atoms with Crippen LogP contribution in [-0.2, 0) is 16.0 Å². The molecule has 0 spiro atoms. The van der Waals surface area contributed by atoms with Crippen molar-refractivity contribution in [1.29, 1.82) is 5.26 Å². The van der Waals surface area contributed by atoms with E-state index < -0.39 is 0 Å². The van der Waals surface area contributed by atoms with E-state index in [1.165, 1.54) is 23.5 Å². The maximum Gasteiger partial charge on any atom is 0.320 e. The number of hydrogen-bond acceptors (Lipinski definition) is 10. The molecular weight excluding hydrogens is 591 g/mol. The Bertz CT molecular complexity index is 1850. The van der Waals surface area contributed by atoms with E-state index in [2.05, 4.69) is 39.5 Å². The number of fused-ring (bicyclic) bond motifs is 1. The predicted molar refractivity (Wildman–Crippen MR) is 173 cm³/mol. The molecule has 1 aliphatic heterocycles. The number of hydrogen-bond donors (Lipinski definition) is 0. The number of pyridine rings is 2. The van der Waals surface area contributed by atoms with Crippen molar-refractivity contribution in [2.45, 2.75) is 20.3 Å². The van der Waals surface area contributed by atoms with Crippen LogP contribution >= 0.6 is 11.3 Å². The van der Waals surface area contributed by atoms with Gasteiger partial charge in [-0.2, -0.15) is 5.26 Å². The Morgan fingerprint density at radius 2 is 1.76 bits per heavy atom. The molecule has 0 radical (unpaired) electrons. The van der Waals surface area contributed by atoms with E-state index in [0.717, 1.165) is 60.3 Å². The van der Waals surface area contributed by atoms with Crippen LogP contribution in [0, 0.1) is 17.1 Å². The molecule has 12 heteroatoms. The monoisotopic (exact) mass is 624 g/mol. The van der Waals surface area contributed by atoms with Crippen LogP contribution in [0.15, 0.2) is 60.9 Å². The van der Waals surface area contributed by atoms with Crippen molar-refractivity contribution in [1.82, 2.24) is 24.3 Å². The fourth-order valence-corrected chi connectivity index (χ4v) is 6.38. The standard InChI is InChI=1S/C33H33FN8O2S/c1-4-26-32(39(3)33-38-31(27(18-35)45-33)22-6-10-25(34)11-7-22)42-20-24(9-13-29(42)37-26)23-8-12-28(36-19-23)41-16-14-40(15-17-41)21-30(43)44-5-2/h6-13,19-20H,4-5,14-17,21H2,1-3H3. The van der Waals surface area contributed by atoms with E-state index >= 15 is 0 Å². The van der Waals surface area contributed by atoms with Crippen molar-refractivity contribution in [2.75, 3.05) is 56.2 Å².